The zero-order chi connectivity index (χ0) is 16.6. The number of hydrogen-bond acceptors (Lipinski definition) is 0. The Balaban J connectivity index is 0.000000578. The first-order valence-electron chi connectivity index (χ1n) is 7.09. The standard InChI is InChI=1S/C13H16P.2C2H6N.Zr/c1-9-10(2)12(4)14(11(9)3)13-7-5-6-8-13;2*1-3-2;/h5,7H,6H2,1-4H3;2*1-2H3;/q;2*-1;+2. The molecule has 0 amide bonds. The van der Waals surface area contributed by atoms with E-state index in [0.29, 0.717) is 0 Å². The zero-order valence-electron chi connectivity index (χ0n) is 14.7. The molecule has 0 spiro atoms. The van der Waals surface area contributed by atoms with Gasteiger partial charge in [-0.05, 0) is 0 Å². The van der Waals surface area contributed by atoms with Crippen LogP contribution in [0.15, 0.2) is 15.4 Å². The van der Waals surface area contributed by atoms with Crippen molar-refractivity contribution in [2.75, 3.05) is 28.2 Å². The topological polar surface area (TPSA) is 28.2 Å². The first kappa shape index (κ1) is 21.1. The summed E-state index contributed by atoms with van der Waals surface area (Å²) in [5.74, 6) is 0. The number of rotatable bonds is 1. The van der Waals surface area contributed by atoms with Crippen LogP contribution in [0.1, 0.15) is 28.1 Å². The van der Waals surface area contributed by atoms with E-state index in [4.69, 9.17) is 0 Å². The van der Waals surface area contributed by atoms with E-state index in [1.807, 2.05) is 0 Å². The third-order valence-electron chi connectivity index (χ3n) is 3.47. The number of nitrogens with zero attached hydrogens (tertiary/aromatic N) is 2. The van der Waals surface area contributed by atoms with Crippen molar-refractivity contribution in [2.45, 2.75) is 34.1 Å². The molecule has 2 rings (SSSR count). The van der Waals surface area contributed by atoms with Gasteiger partial charge in [0, 0.05) is 0 Å². The SMILES string of the molecule is C[N-]C.C[N-]C.Cc1c(C)c(C)p(C2=[C]([Zr+2])CC=C2)c1C. The minimum absolute atomic E-state index is 0.112. The molecule has 1 heterocycles. The van der Waals surface area contributed by atoms with E-state index in [1.165, 1.54) is 17.5 Å². The average molecular weight is 383 g/mol. The van der Waals surface area contributed by atoms with Crippen molar-refractivity contribution in [3.8, 4) is 0 Å². The molecular formula is C17H28N2PZr. The Morgan fingerprint density at radius 1 is 0.905 bits per heavy atom. The van der Waals surface area contributed by atoms with Gasteiger partial charge in [-0.1, -0.05) is 0 Å². The molecule has 0 N–H and O–H groups in total. The average Bonchev–Trinajstić information content (AvgIpc) is 2.91. The summed E-state index contributed by atoms with van der Waals surface area (Å²) < 4.78 is 1.66. The summed E-state index contributed by atoms with van der Waals surface area (Å²) in [6, 6.07) is 0. The van der Waals surface area contributed by atoms with E-state index in [1.54, 1.807) is 72.1 Å². The van der Waals surface area contributed by atoms with Crippen LogP contribution in [0.25, 0.3) is 15.9 Å². The summed E-state index contributed by atoms with van der Waals surface area (Å²) in [7, 11) is 6.89. The van der Waals surface area contributed by atoms with Gasteiger partial charge in [0.25, 0.3) is 0 Å². The van der Waals surface area contributed by atoms with E-state index < -0.39 is 0 Å². The maximum atomic E-state index is 3.50. The molecule has 0 aromatic carbocycles. The second kappa shape index (κ2) is 10.7. The van der Waals surface area contributed by atoms with E-state index in [-0.39, 0.29) is 7.53 Å². The van der Waals surface area contributed by atoms with Crippen LogP contribution in [-0.4, -0.2) is 28.2 Å². The van der Waals surface area contributed by atoms with Crippen molar-refractivity contribution in [1.82, 2.24) is 0 Å². The molecule has 1 aromatic heterocycles. The fourth-order valence-electron chi connectivity index (χ4n) is 2.19. The van der Waals surface area contributed by atoms with Gasteiger partial charge < -0.3 is 10.6 Å². The van der Waals surface area contributed by atoms with E-state index in [0.717, 1.165) is 0 Å². The molecule has 0 saturated carbocycles. The Morgan fingerprint density at radius 2 is 1.29 bits per heavy atom. The normalized spacial score (nSPS) is 12.9. The van der Waals surface area contributed by atoms with Crippen molar-refractivity contribution in [3.05, 3.63) is 47.8 Å². The Kier molecular flexibility index (Phi) is 10.8. The third kappa shape index (κ3) is 5.64. The Bertz CT molecular complexity index is 486. The Morgan fingerprint density at radius 3 is 1.57 bits per heavy atom. The van der Waals surface area contributed by atoms with Crippen molar-refractivity contribution < 1.29 is 24.7 Å². The second-order valence-electron chi connectivity index (χ2n) is 5.12. The summed E-state index contributed by atoms with van der Waals surface area (Å²) in [5.41, 5.74) is 3.07. The van der Waals surface area contributed by atoms with Crippen LogP contribution in [0, 0.1) is 27.7 Å². The van der Waals surface area contributed by atoms with Gasteiger partial charge >= 0.3 is 109 Å². The maximum absolute atomic E-state index is 3.50. The monoisotopic (exact) mass is 381 g/mol. The first-order valence-corrected chi connectivity index (χ1v) is 9.66. The molecule has 2 nitrogen and oxygen atoms in total. The summed E-state index contributed by atoms with van der Waals surface area (Å²) in [6.07, 6.45) is 5.89. The summed E-state index contributed by atoms with van der Waals surface area (Å²) >= 11 is 1.60. The van der Waals surface area contributed by atoms with E-state index in [9.17, 15) is 0 Å². The van der Waals surface area contributed by atoms with Crippen LogP contribution in [0.3, 0.4) is 0 Å². The Labute approximate surface area is 147 Å². The molecule has 115 valence electrons. The second-order valence-corrected chi connectivity index (χ2v) is 9.10. The van der Waals surface area contributed by atoms with Gasteiger partial charge in [0.2, 0.25) is 0 Å². The zero-order valence-corrected chi connectivity index (χ0v) is 18.1. The molecule has 1 aromatic rings. The molecule has 0 unspecified atom stereocenters. The van der Waals surface area contributed by atoms with Crippen LogP contribution >= 0.6 is 7.53 Å². The summed E-state index contributed by atoms with van der Waals surface area (Å²) in [4.78, 5) is 0. The predicted octanol–water partition coefficient (Wildman–Crippen LogP) is 5.82. The molecular weight excluding hydrogens is 354 g/mol. The van der Waals surface area contributed by atoms with Crippen LogP contribution < -0.4 is 0 Å². The predicted molar refractivity (Wildman–Crippen MR) is 95.5 cm³/mol. The van der Waals surface area contributed by atoms with Gasteiger partial charge in [-0.3, -0.25) is 0 Å². The van der Waals surface area contributed by atoms with Crippen LogP contribution in [0.2, 0.25) is 0 Å². The van der Waals surface area contributed by atoms with Crippen molar-refractivity contribution in [2.24, 2.45) is 0 Å². The van der Waals surface area contributed by atoms with Gasteiger partial charge in [-0.25, -0.2) is 0 Å². The number of hydrogen-bond donors (Lipinski definition) is 0. The fourth-order valence-corrected chi connectivity index (χ4v) is 6.36. The first-order chi connectivity index (χ1) is 9.87. The van der Waals surface area contributed by atoms with Gasteiger partial charge in [0.15, 0.2) is 0 Å². The fraction of sp³-hybridized carbons (Fsp3) is 0.529. The van der Waals surface area contributed by atoms with Crippen LogP contribution in [-0.2, 0) is 24.7 Å². The van der Waals surface area contributed by atoms with Crippen LogP contribution in [0.4, 0.5) is 0 Å². The molecule has 0 radical (unpaired) electrons. The molecule has 21 heavy (non-hydrogen) atoms. The molecule has 0 aliphatic heterocycles. The van der Waals surface area contributed by atoms with Crippen molar-refractivity contribution in [1.29, 1.82) is 0 Å². The molecule has 0 atom stereocenters. The van der Waals surface area contributed by atoms with E-state index in [2.05, 4.69) is 50.5 Å². The summed E-state index contributed by atoms with van der Waals surface area (Å²) in [5, 5.41) is 11.9. The quantitative estimate of drug-likeness (QED) is 0.585. The van der Waals surface area contributed by atoms with Crippen LogP contribution in [0.5, 0.6) is 0 Å². The molecule has 0 saturated heterocycles. The van der Waals surface area contributed by atoms with Gasteiger partial charge in [-0.15, -0.1) is 0 Å². The molecule has 4 heteroatoms. The minimum atomic E-state index is -0.112. The van der Waals surface area contributed by atoms with Crippen molar-refractivity contribution in [3.63, 3.8) is 0 Å². The molecule has 1 aliphatic carbocycles. The van der Waals surface area contributed by atoms with Gasteiger partial charge in [0.05, 0.1) is 0 Å². The van der Waals surface area contributed by atoms with E-state index >= 15 is 0 Å². The van der Waals surface area contributed by atoms with Gasteiger partial charge in [0.1, 0.15) is 0 Å². The number of allylic oxidation sites excluding steroid dienone is 4. The van der Waals surface area contributed by atoms with Crippen molar-refractivity contribution >= 4 is 12.8 Å². The molecule has 0 bridgehead atoms. The molecule has 1 aliphatic rings. The molecule has 0 fully saturated rings. The van der Waals surface area contributed by atoms with Gasteiger partial charge in [-0.2, -0.15) is 28.2 Å². The third-order valence-corrected chi connectivity index (χ3v) is 8.06. The Hall–Kier alpha value is 0.0631. The summed E-state index contributed by atoms with van der Waals surface area (Å²) in [6.45, 7) is 9.20.